The van der Waals surface area contributed by atoms with Gasteiger partial charge in [0.25, 0.3) is 0 Å². The third-order valence-electron chi connectivity index (χ3n) is 3.71. The van der Waals surface area contributed by atoms with Crippen molar-refractivity contribution < 1.29 is 17.9 Å². The van der Waals surface area contributed by atoms with Crippen LogP contribution in [0.15, 0.2) is 18.2 Å². The van der Waals surface area contributed by atoms with Gasteiger partial charge in [0.2, 0.25) is 0 Å². The largest absolute Gasteiger partial charge is 0.416 e. The molecule has 2 unspecified atom stereocenters. The molecule has 0 amide bonds. The highest BCUT2D eigenvalue weighted by Gasteiger charge is 2.31. The maximum atomic E-state index is 12.8. The fraction of sp³-hybridized carbons (Fsp3) is 0.600. The van der Waals surface area contributed by atoms with Crippen molar-refractivity contribution in [3.63, 3.8) is 0 Å². The number of nitrogens with one attached hydrogen (secondary N) is 1. The van der Waals surface area contributed by atoms with Crippen molar-refractivity contribution in [2.45, 2.75) is 45.0 Å². The second-order valence-corrected chi connectivity index (χ2v) is 6.12. The molecule has 1 aliphatic rings. The van der Waals surface area contributed by atoms with Gasteiger partial charge in [-0.05, 0) is 37.0 Å². The highest BCUT2D eigenvalue weighted by atomic mass is 35.5. The molecular formula is C15H19ClF3NO. The summed E-state index contributed by atoms with van der Waals surface area (Å²) in [7, 11) is 0. The summed E-state index contributed by atoms with van der Waals surface area (Å²) in [6.45, 7) is 4.76. The van der Waals surface area contributed by atoms with Gasteiger partial charge in [0.1, 0.15) is 0 Å². The average Bonchev–Trinajstić information content (AvgIpc) is 2.40. The fourth-order valence-corrected chi connectivity index (χ4v) is 2.63. The quantitative estimate of drug-likeness (QED) is 0.848. The van der Waals surface area contributed by atoms with E-state index >= 15 is 0 Å². The van der Waals surface area contributed by atoms with Gasteiger partial charge in [-0.25, -0.2) is 0 Å². The van der Waals surface area contributed by atoms with Gasteiger partial charge in [0.05, 0.1) is 22.4 Å². The van der Waals surface area contributed by atoms with Crippen LogP contribution in [0.5, 0.6) is 0 Å². The summed E-state index contributed by atoms with van der Waals surface area (Å²) < 4.78 is 43.9. The molecule has 2 nitrogen and oxygen atoms in total. The van der Waals surface area contributed by atoms with Crippen LogP contribution in [0.2, 0.25) is 5.02 Å². The molecule has 118 valence electrons. The lowest BCUT2D eigenvalue weighted by Crippen LogP contribution is -2.36. The number of hydrogen-bond donors (Lipinski definition) is 1. The zero-order chi connectivity index (χ0) is 15.6. The zero-order valence-corrected chi connectivity index (χ0v) is 12.8. The molecule has 6 heteroatoms. The fourth-order valence-electron chi connectivity index (χ4n) is 2.46. The molecule has 1 fully saturated rings. The van der Waals surface area contributed by atoms with Gasteiger partial charge in [-0.15, -0.1) is 0 Å². The highest BCUT2D eigenvalue weighted by molar-refractivity contribution is 6.33. The van der Waals surface area contributed by atoms with Gasteiger partial charge in [-0.1, -0.05) is 25.4 Å². The number of benzene rings is 1. The molecule has 0 saturated carbocycles. The van der Waals surface area contributed by atoms with Crippen LogP contribution in [0.3, 0.4) is 0 Å². The minimum Gasteiger partial charge on any atom is -0.381 e. The third-order valence-corrected chi connectivity index (χ3v) is 4.04. The van der Waals surface area contributed by atoms with E-state index in [-0.39, 0.29) is 12.1 Å². The van der Waals surface area contributed by atoms with Gasteiger partial charge in [0, 0.05) is 12.6 Å². The van der Waals surface area contributed by atoms with Gasteiger partial charge in [-0.3, -0.25) is 0 Å². The maximum Gasteiger partial charge on any atom is 0.416 e. The van der Waals surface area contributed by atoms with Crippen molar-refractivity contribution >= 4 is 17.3 Å². The first-order valence-electron chi connectivity index (χ1n) is 7.02. The molecule has 0 bridgehead atoms. The molecule has 21 heavy (non-hydrogen) atoms. The van der Waals surface area contributed by atoms with Gasteiger partial charge in [-0.2, -0.15) is 13.2 Å². The summed E-state index contributed by atoms with van der Waals surface area (Å²) in [6, 6.07) is 3.43. The van der Waals surface area contributed by atoms with Crippen LogP contribution >= 0.6 is 11.6 Å². The van der Waals surface area contributed by atoms with Crippen molar-refractivity contribution in [3.8, 4) is 0 Å². The Morgan fingerprint density at radius 3 is 2.67 bits per heavy atom. The van der Waals surface area contributed by atoms with Crippen molar-refractivity contribution in [3.05, 3.63) is 28.8 Å². The lowest BCUT2D eigenvalue weighted by molar-refractivity contribution is -0.137. The van der Waals surface area contributed by atoms with Crippen LogP contribution in [-0.2, 0) is 10.9 Å². The van der Waals surface area contributed by atoms with Crippen LogP contribution in [0.25, 0.3) is 0 Å². The van der Waals surface area contributed by atoms with E-state index in [1.54, 1.807) is 0 Å². The van der Waals surface area contributed by atoms with Crippen LogP contribution in [-0.4, -0.2) is 18.8 Å². The van der Waals surface area contributed by atoms with E-state index in [0.717, 1.165) is 25.0 Å². The Bertz CT molecular complexity index is 490. The summed E-state index contributed by atoms with van der Waals surface area (Å²) in [5.74, 6) is 0.381. The van der Waals surface area contributed by atoms with E-state index in [1.165, 1.54) is 6.07 Å². The Labute approximate surface area is 127 Å². The van der Waals surface area contributed by atoms with E-state index in [0.29, 0.717) is 23.2 Å². The third kappa shape index (κ3) is 4.27. The molecule has 0 spiro atoms. The number of hydrogen-bond acceptors (Lipinski definition) is 2. The monoisotopic (exact) mass is 321 g/mol. The molecule has 1 saturated heterocycles. The SMILES string of the molecule is CC(C)C1CC(Nc2cc(C(F)(F)F)ccc2Cl)CCO1. The second kappa shape index (κ2) is 6.44. The van der Waals surface area contributed by atoms with Crippen molar-refractivity contribution in [2.75, 3.05) is 11.9 Å². The molecule has 1 aliphatic heterocycles. The van der Waals surface area contributed by atoms with Crippen LogP contribution < -0.4 is 5.32 Å². The zero-order valence-electron chi connectivity index (χ0n) is 12.0. The van der Waals surface area contributed by atoms with E-state index in [2.05, 4.69) is 19.2 Å². The van der Waals surface area contributed by atoms with Crippen LogP contribution in [0.1, 0.15) is 32.3 Å². The van der Waals surface area contributed by atoms with Gasteiger partial charge in [0.15, 0.2) is 0 Å². The first-order valence-corrected chi connectivity index (χ1v) is 7.40. The maximum absolute atomic E-state index is 12.8. The Morgan fingerprint density at radius 1 is 1.33 bits per heavy atom. The van der Waals surface area contributed by atoms with Crippen molar-refractivity contribution in [1.29, 1.82) is 0 Å². The van der Waals surface area contributed by atoms with Gasteiger partial charge >= 0.3 is 6.18 Å². The molecular weight excluding hydrogens is 303 g/mol. The first-order chi connectivity index (χ1) is 9.77. The molecule has 2 rings (SSSR count). The molecule has 1 heterocycles. The van der Waals surface area contributed by atoms with Crippen LogP contribution in [0.4, 0.5) is 18.9 Å². The number of alkyl halides is 3. The Kier molecular flexibility index (Phi) is 5.04. The Hall–Kier alpha value is -0.940. The predicted molar refractivity (Wildman–Crippen MR) is 77.7 cm³/mol. The summed E-state index contributed by atoms with van der Waals surface area (Å²) in [5, 5.41) is 3.44. The average molecular weight is 322 g/mol. The van der Waals surface area contributed by atoms with E-state index in [9.17, 15) is 13.2 Å². The molecule has 0 radical (unpaired) electrons. The number of ether oxygens (including phenoxy) is 1. The highest BCUT2D eigenvalue weighted by Crippen LogP contribution is 2.35. The standard InChI is InChI=1S/C15H19ClF3NO/c1-9(2)14-8-11(5-6-21-14)20-13-7-10(15(17,18)19)3-4-12(13)16/h3-4,7,9,11,14,20H,5-6,8H2,1-2H3. The number of anilines is 1. The molecule has 1 N–H and O–H groups in total. The number of halogens is 4. The van der Waals surface area contributed by atoms with Crippen molar-refractivity contribution in [2.24, 2.45) is 5.92 Å². The molecule has 1 aromatic carbocycles. The molecule has 2 atom stereocenters. The van der Waals surface area contributed by atoms with Gasteiger partial charge < -0.3 is 10.1 Å². The summed E-state index contributed by atoms with van der Waals surface area (Å²) in [4.78, 5) is 0. The Morgan fingerprint density at radius 2 is 2.05 bits per heavy atom. The van der Waals surface area contributed by atoms with Crippen molar-refractivity contribution in [1.82, 2.24) is 0 Å². The molecule has 0 aromatic heterocycles. The lowest BCUT2D eigenvalue weighted by atomic mass is 9.95. The van der Waals surface area contributed by atoms with Crippen LogP contribution in [0, 0.1) is 5.92 Å². The predicted octanol–water partition coefficient (Wildman–Crippen LogP) is 4.97. The Balaban J connectivity index is 2.12. The lowest BCUT2D eigenvalue weighted by Gasteiger charge is -2.33. The topological polar surface area (TPSA) is 21.3 Å². The normalized spacial score (nSPS) is 23.4. The smallest absolute Gasteiger partial charge is 0.381 e. The number of rotatable bonds is 3. The second-order valence-electron chi connectivity index (χ2n) is 5.71. The summed E-state index contributed by atoms with van der Waals surface area (Å²) in [5.41, 5.74) is -0.359. The summed E-state index contributed by atoms with van der Waals surface area (Å²) >= 11 is 6.00. The van der Waals surface area contributed by atoms with E-state index in [4.69, 9.17) is 16.3 Å². The minimum atomic E-state index is -4.36. The van der Waals surface area contributed by atoms with E-state index < -0.39 is 11.7 Å². The molecule has 0 aliphatic carbocycles. The van der Waals surface area contributed by atoms with E-state index in [1.807, 2.05) is 0 Å². The minimum absolute atomic E-state index is 0.0760. The molecule has 1 aromatic rings. The summed E-state index contributed by atoms with van der Waals surface area (Å²) in [6.07, 6.45) is -2.71. The first kappa shape index (κ1) is 16.4.